The number of hydrogen-bond acceptors (Lipinski definition) is 4. The Morgan fingerprint density at radius 1 is 1.04 bits per heavy atom. The quantitative estimate of drug-likeness (QED) is 0.653. The van der Waals surface area contributed by atoms with E-state index in [9.17, 15) is 9.59 Å². The molecule has 3 aromatic rings. The molecule has 0 aliphatic carbocycles. The number of halogens is 1. The van der Waals surface area contributed by atoms with Crippen molar-refractivity contribution in [3.05, 3.63) is 64.5 Å². The highest BCUT2D eigenvalue weighted by Gasteiger charge is 2.19. The first kappa shape index (κ1) is 17.9. The van der Waals surface area contributed by atoms with Gasteiger partial charge in [-0.1, -0.05) is 34.1 Å². The second-order valence-electron chi connectivity index (χ2n) is 5.62. The molecule has 2 aromatic carbocycles. The molecule has 1 heterocycles. The number of nitrogens with zero attached hydrogens (tertiary/aromatic N) is 1. The predicted molar refractivity (Wildman–Crippen MR) is 103 cm³/mol. The summed E-state index contributed by atoms with van der Waals surface area (Å²) >= 11 is 3.36. The summed E-state index contributed by atoms with van der Waals surface area (Å²) in [5, 5.41) is 5.46. The third-order valence-electron chi connectivity index (χ3n) is 3.57. The van der Waals surface area contributed by atoms with Gasteiger partial charge >= 0.3 is 0 Å². The number of hydrogen-bond donors (Lipinski definition) is 2. The standard InChI is InChI=1S/C19H16BrN3O3/c1-11-17(23-19(26-11)13-6-4-3-5-7-13)18(25)22-16-10-14(20)8-9-15(16)21-12(2)24/h3-10H,1-2H3,(H,21,24)(H,22,25). The molecular weight excluding hydrogens is 398 g/mol. The number of amides is 2. The van der Waals surface area contributed by atoms with Crippen molar-refractivity contribution in [2.45, 2.75) is 13.8 Å². The topological polar surface area (TPSA) is 84.2 Å². The van der Waals surface area contributed by atoms with Crippen molar-refractivity contribution >= 4 is 39.1 Å². The Morgan fingerprint density at radius 3 is 2.46 bits per heavy atom. The van der Waals surface area contributed by atoms with Crippen molar-refractivity contribution in [3.63, 3.8) is 0 Å². The lowest BCUT2D eigenvalue weighted by Crippen LogP contribution is -2.16. The fourth-order valence-corrected chi connectivity index (χ4v) is 2.77. The molecule has 0 bridgehead atoms. The van der Waals surface area contributed by atoms with Crippen LogP contribution in [0, 0.1) is 6.92 Å². The van der Waals surface area contributed by atoms with Crippen LogP contribution in [-0.4, -0.2) is 16.8 Å². The van der Waals surface area contributed by atoms with Crippen LogP contribution in [0.15, 0.2) is 57.4 Å². The van der Waals surface area contributed by atoms with E-state index in [4.69, 9.17) is 4.42 Å². The lowest BCUT2D eigenvalue weighted by atomic mass is 10.2. The van der Waals surface area contributed by atoms with Crippen LogP contribution in [0.3, 0.4) is 0 Å². The smallest absolute Gasteiger partial charge is 0.277 e. The fraction of sp³-hybridized carbons (Fsp3) is 0.105. The molecule has 7 heteroatoms. The van der Waals surface area contributed by atoms with Crippen molar-refractivity contribution in [2.75, 3.05) is 10.6 Å². The van der Waals surface area contributed by atoms with Crippen LogP contribution in [0.2, 0.25) is 0 Å². The molecule has 6 nitrogen and oxygen atoms in total. The van der Waals surface area contributed by atoms with Gasteiger partial charge in [-0.3, -0.25) is 9.59 Å². The summed E-state index contributed by atoms with van der Waals surface area (Å²) in [6, 6.07) is 14.5. The lowest BCUT2D eigenvalue weighted by molar-refractivity contribution is -0.114. The van der Waals surface area contributed by atoms with Gasteiger partial charge in [-0.15, -0.1) is 0 Å². The molecule has 1 aromatic heterocycles. The van der Waals surface area contributed by atoms with Gasteiger partial charge in [-0.25, -0.2) is 4.98 Å². The van der Waals surface area contributed by atoms with E-state index in [1.807, 2.05) is 30.3 Å². The van der Waals surface area contributed by atoms with Gasteiger partial charge in [0, 0.05) is 17.0 Å². The maximum Gasteiger partial charge on any atom is 0.277 e. The summed E-state index contributed by atoms with van der Waals surface area (Å²) in [6.07, 6.45) is 0. The molecule has 0 unspecified atom stereocenters. The summed E-state index contributed by atoms with van der Waals surface area (Å²) in [5.74, 6) is 0.145. The first-order chi connectivity index (χ1) is 12.4. The van der Waals surface area contributed by atoms with Crippen LogP contribution in [0.4, 0.5) is 11.4 Å². The van der Waals surface area contributed by atoms with Crippen LogP contribution in [0.1, 0.15) is 23.2 Å². The molecular formula is C19H16BrN3O3. The van der Waals surface area contributed by atoms with Crippen LogP contribution in [0.25, 0.3) is 11.5 Å². The fourth-order valence-electron chi connectivity index (χ4n) is 2.41. The Labute approximate surface area is 158 Å². The third-order valence-corrected chi connectivity index (χ3v) is 4.07. The van der Waals surface area contributed by atoms with E-state index in [-0.39, 0.29) is 11.6 Å². The van der Waals surface area contributed by atoms with E-state index in [0.717, 1.165) is 10.0 Å². The molecule has 0 radical (unpaired) electrons. The number of carbonyl (C=O) groups is 2. The SMILES string of the molecule is CC(=O)Nc1ccc(Br)cc1NC(=O)c1nc(-c2ccccc2)oc1C. The van der Waals surface area contributed by atoms with Gasteiger partial charge in [-0.05, 0) is 37.3 Å². The number of nitrogens with one attached hydrogen (secondary N) is 2. The predicted octanol–water partition coefficient (Wildman–Crippen LogP) is 4.62. The summed E-state index contributed by atoms with van der Waals surface area (Å²) in [6.45, 7) is 3.09. The third kappa shape index (κ3) is 4.00. The van der Waals surface area contributed by atoms with Crippen molar-refractivity contribution in [1.29, 1.82) is 0 Å². The van der Waals surface area contributed by atoms with Crippen molar-refractivity contribution in [2.24, 2.45) is 0 Å². The second-order valence-corrected chi connectivity index (χ2v) is 6.53. The minimum absolute atomic E-state index is 0.192. The summed E-state index contributed by atoms with van der Waals surface area (Å²) in [5.41, 5.74) is 1.94. The minimum Gasteiger partial charge on any atom is -0.441 e. The van der Waals surface area contributed by atoms with Crippen LogP contribution in [0.5, 0.6) is 0 Å². The van der Waals surface area contributed by atoms with E-state index >= 15 is 0 Å². The van der Waals surface area contributed by atoms with Crippen molar-refractivity contribution < 1.29 is 14.0 Å². The molecule has 0 saturated heterocycles. The number of anilines is 2. The largest absolute Gasteiger partial charge is 0.441 e. The Morgan fingerprint density at radius 2 is 1.77 bits per heavy atom. The number of aromatic nitrogens is 1. The van der Waals surface area contributed by atoms with E-state index in [2.05, 4.69) is 31.5 Å². The van der Waals surface area contributed by atoms with Crippen molar-refractivity contribution in [1.82, 2.24) is 4.98 Å². The van der Waals surface area contributed by atoms with Gasteiger partial charge in [0.2, 0.25) is 11.8 Å². The molecule has 0 atom stereocenters. The minimum atomic E-state index is -0.418. The number of aryl methyl sites for hydroxylation is 1. The van der Waals surface area contributed by atoms with Gasteiger partial charge in [0.25, 0.3) is 5.91 Å². The molecule has 132 valence electrons. The number of rotatable bonds is 4. The second kappa shape index (κ2) is 7.53. The zero-order valence-corrected chi connectivity index (χ0v) is 15.8. The number of oxazole rings is 1. The lowest BCUT2D eigenvalue weighted by Gasteiger charge is -2.11. The van der Waals surface area contributed by atoms with Gasteiger partial charge in [-0.2, -0.15) is 0 Å². The average molecular weight is 414 g/mol. The maximum absolute atomic E-state index is 12.7. The highest BCUT2D eigenvalue weighted by Crippen LogP contribution is 2.28. The highest BCUT2D eigenvalue weighted by atomic mass is 79.9. The Kier molecular flexibility index (Phi) is 5.18. The van der Waals surface area contributed by atoms with Crippen LogP contribution in [-0.2, 0) is 4.79 Å². The normalized spacial score (nSPS) is 10.4. The van der Waals surface area contributed by atoms with Crippen LogP contribution < -0.4 is 10.6 Å². The molecule has 0 fully saturated rings. The van der Waals surface area contributed by atoms with E-state index < -0.39 is 5.91 Å². The zero-order valence-electron chi connectivity index (χ0n) is 14.2. The molecule has 0 saturated carbocycles. The highest BCUT2D eigenvalue weighted by molar-refractivity contribution is 9.10. The zero-order chi connectivity index (χ0) is 18.7. The van der Waals surface area contributed by atoms with E-state index in [1.54, 1.807) is 25.1 Å². The molecule has 0 aliphatic heterocycles. The first-order valence-electron chi connectivity index (χ1n) is 7.85. The van der Waals surface area contributed by atoms with E-state index in [1.165, 1.54) is 6.92 Å². The first-order valence-corrected chi connectivity index (χ1v) is 8.64. The van der Waals surface area contributed by atoms with Gasteiger partial charge in [0.15, 0.2) is 5.69 Å². The summed E-state index contributed by atoms with van der Waals surface area (Å²) < 4.78 is 6.39. The molecule has 0 aliphatic rings. The maximum atomic E-state index is 12.7. The summed E-state index contributed by atoms with van der Waals surface area (Å²) in [7, 11) is 0. The monoisotopic (exact) mass is 413 g/mol. The van der Waals surface area contributed by atoms with Gasteiger partial charge in [0.05, 0.1) is 11.4 Å². The Bertz CT molecular complexity index is 967. The van der Waals surface area contributed by atoms with E-state index in [0.29, 0.717) is 23.0 Å². The molecule has 3 rings (SSSR count). The Balaban J connectivity index is 1.88. The molecule has 2 amide bonds. The number of carbonyl (C=O) groups excluding carboxylic acids is 2. The molecule has 2 N–H and O–H groups in total. The molecule has 0 spiro atoms. The van der Waals surface area contributed by atoms with Crippen molar-refractivity contribution in [3.8, 4) is 11.5 Å². The molecule has 26 heavy (non-hydrogen) atoms. The van der Waals surface area contributed by atoms with Gasteiger partial charge < -0.3 is 15.1 Å². The van der Waals surface area contributed by atoms with Crippen LogP contribution >= 0.6 is 15.9 Å². The average Bonchev–Trinajstić information content (AvgIpc) is 3.00. The Hall–Kier alpha value is -2.93. The summed E-state index contributed by atoms with van der Waals surface area (Å²) in [4.78, 5) is 28.3. The van der Waals surface area contributed by atoms with Gasteiger partial charge in [0.1, 0.15) is 5.76 Å². The number of benzene rings is 2.